The third-order valence-electron chi connectivity index (χ3n) is 3.01. The monoisotopic (exact) mass is 319 g/mol. The van der Waals surface area contributed by atoms with E-state index >= 15 is 0 Å². The van der Waals surface area contributed by atoms with Crippen molar-refractivity contribution in [2.75, 3.05) is 0 Å². The molecule has 0 fully saturated rings. The normalized spacial score (nSPS) is 14.3. The molecule has 0 spiro atoms. The number of rotatable bonds is 5. The predicted molar refractivity (Wildman–Crippen MR) is 71.4 cm³/mol. The molecule has 1 aromatic carbocycles. The van der Waals surface area contributed by atoms with Crippen molar-refractivity contribution in [3.63, 3.8) is 0 Å². The molecule has 0 aliphatic rings. The average molecular weight is 319 g/mol. The Balaban J connectivity index is 3.23. The largest absolute Gasteiger partial charge is 0.478 e. The standard InChI is InChI=1S/C14H16F3NO4/c1-7(18-8(2)19)12(20)11-5-9(13(21)22)3-4-10(11)6-14(15,16)17/h3-5,7,12,20H,6H2,1-2H3,(H,18,19)(H,21,22). The van der Waals surface area contributed by atoms with Crippen LogP contribution in [0.3, 0.4) is 0 Å². The fourth-order valence-electron chi connectivity index (χ4n) is 2.05. The van der Waals surface area contributed by atoms with E-state index in [1.54, 1.807) is 0 Å². The summed E-state index contributed by atoms with van der Waals surface area (Å²) in [6.07, 6.45) is -7.26. The van der Waals surface area contributed by atoms with Gasteiger partial charge < -0.3 is 15.5 Å². The second-order valence-electron chi connectivity index (χ2n) is 4.94. The molecule has 5 nitrogen and oxygen atoms in total. The van der Waals surface area contributed by atoms with Gasteiger partial charge in [-0.1, -0.05) is 6.07 Å². The summed E-state index contributed by atoms with van der Waals surface area (Å²) in [6, 6.07) is 2.19. The Kier molecular flexibility index (Phi) is 5.54. The summed E-state index contributed by atoms with van der Waals surface area (Å²) in [6.45, 7) is 2.62. The molecule has 1 rings (SSSR count). The zero-order valence-corrected chi connectivity index (χ0v) is 11.9. The fourth-order valence-corrected chi connectivity index (χ4v) is 2.05. The molecular formula is C14H16F3NO4. The Morgan fingerprint density at radius 2 is 1.91 bits per heavy atom. The number of halogens is 3. The molecule has 0 radical (unpaired) electrons. The molecular weight excluding hydrogens is 303 g/mol. The van der Waals surface area contributed by atoms with Crippen molar-refractivity contribution in [1.29, 1.82) is 0 Å². The van der Waals surface area contributed by atoms with Crippen LogP contribution in [0.25, 0.3) is 0 Å². The number of nitrogens with one attached hydrogen (secondary N) is 1. The number of aromatic carboxylic acids is 1. The summed E-state index contributed by atoms with van der Waals surface area (Å²) in [5.41, 5.74) is -0.643. The number of carbonyl (C=O) groups is 2. The van der Waals surface area contributed by atoms with Crippen LogP contribution in [-0.2, 0) is 11.2 Å². The van der Waals surface area contributed by atoms with Gasteiger partial charge in [0.05, 0.1) is 24.1 Å². The maximum absolute atomic E-state index is 12.6. The molecule has 0 saturated heterocycles. The second kappa shape index (κ2) is 6.78. The molecule has 0 aromatic heterocycles. The number of aliphatic hydroxyl groups is 1. The summed E-state index contributed by atoms with van der Waals surface area (Å²) in [5.74, 6) is -1.78. The number of hydrogen-bond donors (Lipinski definition) is 3. The number of amides is 1. The zero-order chi connectivity index (χ0) is 17.1. The lowest BCUT2D eigenvalue weighted by atomic mass is 9.93. The molecule has 0 heterocycles. The quantitative estimate of drug-likeness (QED) is 0.775. The van der Waals surface area contributed by atoms with Crippen LogP contribution in [0, 0.1) is 0 Å². The van der Waals surface area contributed by atoms with Crippen molar-refractivity contribution in [3.8, 4) is 0 Å². The van der Waals surface area contributed by atoms with E-state index in [2.05, 4.69) is 5.32 Å². The number of hydrogen-bond acceptors (Lipinski definition) is 3. The van der Waals surface area contributed by atoms with Gasteiger partial charge in [-0.05, 0) is 30.2 Å². The van der Waals surface area contributed by atoms with Crippen LogP contribution in [0.4, 0.5) is 13.2 Å². The van der Waals surface area contributed by atoms with Gasteiger partial charge >= 0.3 is 12.1 Å². The Morgan fingerprint density at radius 1 is 1.32 bits per heavy atom. The van der Waals surface area contributed by atoms with E-state index in [1.807, 2.05) is 0 Å². The van der Waals surface area contributed by atoms with E-state index < -0.39 is 36.6 Å². The highest BCUT2D eigenvalue weighted by Gasteiger charge is 2.31. The van der Waals surface area contributed by atoms with Gasteiger partial charge in [0.25, 0.3) is 0 Å². The van der Waals surface area contributed by atoms with Gasteiger partial charge in [-0.3, -0.25) is 4.79 Å². The molecule has 0 saturated carbocycles. The van der Waals surface area contributed by atoms with Gasteiger partial charge in [0.15, 0.2) is 0 Å². The Bertz CT molecular complexity index is 572. The van der Waals surface area contributed by atoms with Crippen LogP contribution in [0.2, 0.25) is 0 Å². The first-order valence-electron chi connectivity index (χ1n) is 6.39. The first kappa shape index (κ1) is 18.0. The third kappa shape index (κ3) is 5.03. The van der Waals surface area contributed by atoms with E-state index in [-0.39, 0.29) is 16.7 Å². The minimum absolute atomic E-state index is 0.168. The molecule has 0 bridgehead atoms. The average Bonchev–Trinajstić information content (AvgIpc) is 2.35. The highest BCUT2D eigenvalue weighted by atomic mass is 19.4. The first-order valence-corrected chi connectivity index (χ1v) is 6.39. The predicted octanol–water partition coefficient (Wildman–Crippen LogP) is 2.05. The van der Waals surface area contributed by atoms with Gasteiger partial charge in [-0.2, -0.15) is 13.2 Å². The van der Waals surface area contributed by atoms with Crippen molar-refractivity contribution in [2.24, 2.45) is 0 Å². The number of carboxylic acid groups (broad SMARTS) is 1. The van der Waals surface area contributed by atoms with E-state index in [0.29, 0.717) is 0 Å². The summed E-state index contributed by atoms with van der Waals surface area (Å²) in [5, 5.41) is 21.4. The topological polar surface area (TPSA) is 86.6 Å². The molecule has 2 atom stereocenters. The molecule has 22 heavy (non-hydrogen) atoms. The molecule has 3 N–H and O–H groups in total. The van der Waals surface area contributed by atoms with Crippen molar-refractivity contribution >= 4 is 11.9 Å². The van der Waals surface area contributed by atoms with Crippen LogP contribution >= 0.6 is 0 Å². The second-order valence-corrected chi connectivity index (χ2v) is 4.94. The Morgan fingerprint density at radius 3 is 2.36 bits per heavy atom. The summed E-state index contributed by atoms with van der Waals surface area (Å²) >= 11 is 0. The lowest BCUT2D eigenvalue weighted by molar-refractivity contribution is -0.127. The van der Waals surface area contributed by atoms with Crippen molar-refractivity contribution in [1.82, 2.24) is 5.32 Å². The molecule has 1 amide bonds. The molecule has 8 heteroatoms. The van der Waals surface area contributed by atoms with Crippen molar-refractivity contribution < 1.29 is 33.0 Å². The molecule has 122 valence electrons. The minimum Gasteiger partial charge on any atom is -0.478 e. The summed E-state index contributed by atoms with van der Waals surface area (Å²) in [4.78, 5) is 21.9. The maximum Gasteiger partial charge on any atom is 0.393 e. The van der Waals surface area contributed by atoms with Crippen LogP contribution in [0.5, 0.6) is 0 Å². The molecule has 0 aliphatic heterocycles. The van der Waals surface area contributed by atoms with E-state index in [9.17, 15) is 27.9 Å². The van der Waals surface area contributed by atoms with Gasteiger partial charge in [0.1, 0.15) is 0 Å². The Hall–Kier alpha value is -2.09. The highest BCUT2D eigenvalue weighted by Crippen LogP contribution is 2.29. The number of carbonyl (C=O) groups excluding carboxylic acids is 1. The van der Waals surface area contributed by atoms with Crippen LogP contribution in [-0.4, -0.2) is 34.3 Å². The van der Waals surface area contributed by atoms with Crippen LogP contribution in [0.1, 0.15) is 41.4 Å². The first-order chi connectivity index (χ1) is 10.0. The lowest BCUT2D eigenvalue weighted by Gasteiger charge is -2.23. The lowest BCUT2D eigenvalue weighted by Crippen LogP contribution is -2.36. The fraction of sp³-hybridized carbons (Fsp3) is 0.429. The molecule has 2 unspecified atom stereocenters. The van der Waals surface area contributed by atoms with Gasteiger partial charge in [-0.15, -0.1) is 0 Å². The zero-order valence-electron chi connectivity index (χ0n) is 11.9. The van der Waals surface area contributed by atoms with Gasteiger partial charge in [0.2, 0.25) is 5.91 Å². The smallest absolute Gasteiger partial charge is 0.393 e. The van der Waals surface area contributed by atoms with Gasteiger partial charge in [0, 0.05) is 6.92 Å². The summed E-state index contributed by atoms with van der Waals surface area (Å²) in [7, 11) is 0. The maximum atomic E-state index is 12.6. The number of aliphatic hydroxyl groups excluding tert-OH is 1. The van der Waals surface area contributed by atoms with Crippen molar-refractivity contribution in [3.05, 3.63) is 34.9 Å². The van der Waals surface area contributed by atoms with E-state index in [4.69, 9.17) is 5.11 Å². The third-order valence-corrected chi connectivity index (χ3v) is 3.01. The molecule has 0 aliphatic carbocycles. The number of carboxylic acids is 1. The number of alkyl halides is 3. The van der Waals surface area contributed by atoms with E-state index in [1.165, 1.54) is 13.8 Å². The van der Waals surface area contributed by atoms with E-state index in [0.717, 1.165) is 18.2 Å². The highest BCUT2D eigenvalue weighted by molar-refractivity contribution is 5.88. The minimum atomic E-state index is -4.50. The summed E-state index contributed by atoms with van der Waals surface area (Å²) < 4.78 is 37.8. The van der Waals surface area contributed by atoms with Crippen LogP contribution < -0.4 is 5.32 Å². The van der Waals surface area contributed by atoms with Crippen LogP contribution in [0.15, 0.2) is 18.2 Å². The van der Waals surface area contributed by atoms with Gasteiger partial charge in [-0.25, -0.2) is 4.79 Å². The number of benzene rings is 1. The SMILES string of the molecule is CC(=O)NC(C)C(O)c1cc(C(=O)O)ccc1CC(F)(F)F. The Labute approximate surface area is 124 Å². The van der Waals surface area contributed by atoms with Crippen molar-refractivity contribution in [2.45, 2.75) is 38.6 Å². The molecule has 1 aromatic rings.